The average molecular weight is 313 g/mol. The van der Waals surface area contributed by atoms with E-state index in [4.69, 9.17) is 9.26 Å². The van der Waals surface area contributed by atoms with Crippen LogP contribution in [0, 0.1) is 0 Å². The van der Waals surface area contributed by atoms with Crippen LogP contribution in [0.2, 0.25) is 0 Å². The highest BCUT2D eigenvalue weighted by molar-refractivity contribution is 5.31. The SMILES string of the molecule is FC(F)(F)c1ccccc1Cc1nc(C2COCCN2)no1. The summed E-state index contributed by atoms with van der Waals surface area (Å²) in [7, 11) is 0. The lowest BCUT2D eigenvalue weighted by Crippen LogP contribution is -2.35. The van der Waals surface area contributed by atoms with E-state index < -0.39 is 11.7 Å². The van der Waals surface area contributed by atoms with Crippen molar-refractivity contribution in [3.8, 4) is 0 Å². The number of halogens is 3. The van der Waals surface area contributed by atoms with Crippen LogP contribution in [-0.4, -0.2) is 29.9 Å². The molecule has 1 N–H and O–H groups in total. The van der Waals surface area contributed by atoms with Gasteiger partial charge in [-0.15, -0.1) is 0 Å². The van der Waals surface area contributed by atoms with Crippen molar-refractivity contribution in [1.82, 2.24) is 15.5 Å². The predicted octanol–water partition coefficient (Wildman–Crippen LogP) is 2.34. The maximum atomic E-state index is 13.0. The van der Waals surface area contributed by atoms with Gasteiger partial charge in [0, 0.05) is 6.54 Å². The molecule has 1 aromatic heterocycles. The maximum Gasteiger partial charge on any atom is 0.416 e. The Hall–Kier alpha value is -1.93. The molecule has 1 saturated heterocycles. The molecule has 1 aliphatic rings. The van der Waals surface area contributed by atoms with E-state index in [0.717, 1.165) is 6.07 Å². The van der Waals surface area contributed by atoms with E-state index in [-0.39, 0.29) is 23.9 Å². The van der Waals surface area contributed by atoms with Crippen molar-refractivity contribution in [2.45, 2.75) is 18.6 Å². The second-order valence-electron chi connectivity index (χ2n) is 4.96. The van der Waals surface area contributed by atoms with E-state index in [2.05, 4.69) is 15.5 Å². The molecule has 1 fully saturated rings. The van der Waals surface area contributed by atoms with Gasteiger partial charge in [-0.25, -0.2) is 0 Å². The molecule has 2 aromatic rings. The standard InChI is InChI=1S/C14H14F3N3O2/c15-14(16,17)10-4-2-1-3-9(10)7-12-19-13(20-22-12)11-8-21-6-5-18-11/h1-4,11,18H,5-8H2. The monoisotopic (exact) mass is 313 g/mol. The number of hydrogen-bond donors (Lipinski definition) is 1. The Morgan fingerprint density at radius 1 is 1.27 bits per heavy atom. The van der Waals surface area contributed by atoms with E-state index in [1.54, 1.807) is 6.07 Å². The summed E-state index contributed by atoms with van der Waals surface area (Å²) in [6, 6.07) is 5.18. The molecule has 2 heterocycles. The Labute approximate surface area is 124 Å². The number of aromatic nitrogens is 2. The van der Waals surface area contributed by atoms with Crippen molar-refractivity contribution in [1.29, 1.82) is 0 Å². The molecule has 0 amide bonds. The van der Waals surface area contributed by atoms with E-state index in [1.807, 2.05) is 0 Å². The highest BCUT2D eigenvalue weighted by atomic mass is 19.4. The first-order valence-corrected chi connectivity index (χ1v) is 6.83. The molecule has 1 unspecified atom stereocenters. The Balaban J connectivity index is 1.78. The number of benzene rings is 1. The van der Waals surface area contributed by atoms with Gasteiger partial charge in [0.05, 0.1) is 31.2 Å². The van der Waals surface area contributed by atoms with Gasteiger partial charge < -0.3 is 14.6 Å². The van der Waals surface area contributed by atoms with E-state index in [0.29, 0.717) is 25.6 Å². The minimum absolute atomic E-state index is 0.0593. The molecule has 0 aliphatic carbocycles. The fraction of sp³-hybridized carbons (Fsp3) is 0.429. The van der Waals surface area contributed by atoms with Crippen LogP contribution in [0.3, 0.4) is 0 Å². The first kappa shape index (κ1) is 15.0. The second-order valence-corrected chi connectivity index (χ2v) is 4.96. The van der Waals surface area contributed by atoms with Gasteiger partial charge in [-0.3, -0.25) is 0 Å². The first-order chi connectivity index (χ1) is 10.5. The van der Waals surface area contributed by atoms with Crippen LogP contribution in [-0.2, 0) is 17.3 Å². The van der Waals surface area contributed by atoms with Crippen LogP contribution in [0.5, 0.6) is 0 Å². The van der Waals surface area contributed by atoms with Gasteiger partial charge in [0.1, 0.15) is 0 Å². The number of rotatable bonds is 3. The minimum Gasteiger partial charge on any atom is -0.378 e. The lowest BCUT2D eigenvalue weighted by Gasteiger charge is -2.20. The van der Waals surface area contributed by atoms with Crippen molar-refractivity contribution >= 4 is 0 Å². The summed E-state index contributed by atoms with van der Waals surface area (Å²) < 4.78 is 49.2. The lowest BCUT2D eigenvalue weighted by atomic mass is 10.0. The summed E-state index contributed by atoms with van der Waals surface area (Å²) in [5.41, 5.74) is -0.577. The van der Waals surface area contributed by atoms with Crippen LogP contribution >= 0.6 is 0 Å². The van der Waals surface area contributed by atoms with Crippen LogP contribution in [0.25, 0.3) is 0 Å². The number of nitrogens with zero attached hydrogens (tertiary/aromatic N) is 2. The van der Waals surface area contributed by atoms with E-state index in [9.17, 15) is 13.2 Å². The molecule has 1 atom stereocenters. The molecule has 1 aromatic carbocycles. The van der Waals surface area contributed by atoms with Gasteiger partial charge in [0.15, 0.2) is 5.82 Å². The van der Waals surface area contributed by atoms with Crippen molar-refractivity contribution < 1.29 is 22.4 Å². The maximum absolute atomic E-state index is 13.0. The lowest BCUT2D eigenvalue weighted by molar-refractivity contribution is -0.138. The van der Waals surface area contributed by atoms with Crippen LogP contribution in [0.4, 0.5) is 13.2 Å². The van der Waals surface area contributed by atoms with Gasteiger partial charge in [-0.1, -0.05) is 23.4 Å². The molecule has 0 spiro atoms. The first-order valence-electron chi connectivity index (χ1n) is 6.83. The zero-order valence-corrected chi connectivity index (χ0v) is 11.6. The highest BCUT2D eigenvalue weighted by Gasteiger charge is 2.33. The number of ether oxygens (including phenoxy) is 1. The summed E-state index contributed by atoms with van der Waals surface area (Å²) in [5, 5.41) is 6.98. The van der Waals surface area contributed by atoms with Crippen LogP contribution < -0.4 is 5.32 Å². The van der Waals surface area contributed by atoms with Crippen LogP contribution in [0.15, 0.2) is 28.8 Å². The third-order valence-electron chi connectivity index (χ3n) is 3.38. The zero-order chi connectivity index (χ0) is 15.6. The van der Waals surface area contributed by atoms with Gasteiger partial charge >= 0.3 is 6.18 Å². The highest BCUT2D eigenvalue weighted by Crippen LogP contribution is 2.32. The Morgan fingerprint density at radius 3 is 2.82 bits per heavy atom. The Bertz CT molecular complexity index is 636. The van der Waals surface area contributed by atoms with Gasteiger partial charge in [0.25, 0.3) is 0 Å². The molecule has 8 heteroatoms. The Kier molecular flexibility index (Phi) is 4.12. The quantitative estimate of drug-likeness (QED) is 0.942. The largest absolute Gasteiger partial charge is 0.416 e. The number of morpholine rings is 1. The molecule has 0 saturated carbocycles. The molecule has 0 radical (unpaired) electrons. The van der Waals surface area contributed by atoms with Gasteiger partial charge in [-0.05, 0) is 11.6 Å². The number of nitrogens with one attached hydrogen (secondary N) is 1. The third kappa shape index (κ3) is 3.28. The predicted molar refractivity (Wildman–Crippen MR) is 70.1 cm³/mol. The Morgan fingerprint density at radius 2 is 2.09 bits per heavy atom. The molecule has 0 bridgehead atoms. The molecular formula is C14H14F3N3O2. The van der Waals surface area contributed by atoms with Crippen molar-refractivity contribution in [2.75, 3.05) is 19.8 Å². The third-order valence-corrected chi connectivity index (χ3v) is 3.38. The molecule has 3 rings (SSSR count). The summed E-state index contributed by atoms with van der Waals surface area (Å²) in [5.74, 6) is 0.554. The molecular weight excluding hydrogens is 299 g/mol. The minimum atomic E-state index is -4.40. The number of hydrogen-bond acceptors (Lipinski definition) is 5. The number of alkyl halides is 3. The summed E-state index contributed by atoms with van der Waals surface area (Å²) in [6.07, 6.45) is -4.46. The van der Waals surface area contributed by atoms with Crippen LogP contribution in [0.1, 0.15) is 28.9 Å². The van der Waals surface area contributed by atoms with Gasteiger partial charge in [0.2, 0.25) is 5.89 Å². The molecule has 22 heavy (non-hydrogen) atoms. The fourth-order valence-corrected chi connectivity index (χ4v) is 2.33. The van der Waals surface area contributed by atoms with E-state index >= 15 is 0 Å². The average Bonchev–Trinajstić information content (AvgIpc) is 2.96. The smallest absolute Gasteiger partial charge is 0.378 e. The topological polar surface area (TPSA) is 60.2 Å². The fourth-order valence-electron chi connectivity index (χ4n) is 2.33. The van der Waals surface area contributed by atoms with Gasteiger partial charge in [-0.2, -0.15) is 18.2 Å². The van der Waals surface area contributed by atoms with Crippen molar-refractivity contribution in [2.24, 2.45) is 0 Å². The normalized spacial score (nSPS) is 19.3. The summed E-state index contributed by atoms with van der Waals surface area (Å²) in [4.78, 5) is 4.16. The summed E-state index contributed by atoms with van der Waals surface area (Å²) in [6.45, 7) is 1.70. The van der Waals surface area contributed by atoms with E-state index in [1.165, 1.54) is 12.1 Å². The molecule has 118 valence electrons. The molecule has 5 nitrogen and oxygen atoms in total. The molecule has 1 aliphatic heterocycles. The second kappa shape index (κ2) is 6.05. The van der Waals surface area contributed by atoms with Crippen molar-refractivity contribution in [3.05, 3.63) is 47.1 Å². The zero-order valence-electron chi connectivity index (χ0n) is 11.6. The van der Waals surface area contributed by atoms with Crippen molar-refractivity contribution in [3.63, 3.8) is 0 Å². The summed E-state index contributed by atoms with van der Waals surface area (Å²) >= 11 is 0.